The first-order chi connectivity index (χ1) is 7.84. The molecule has 0 atom stereocenters. The van der Waals surface area contributed by atoms with E-state index in [9.17, 15) is 0 Å². The van der Waals surface area contributed by atoms with Crippen LogP contribution in [0.3, 0.4) is 0 Å². The Balaban J connectivity index is 1.97. The van der Waals surface area contributed by atoms with Gasteiger partial charge in [-0.05, 0) is 18.9 Å². The monoisotopic (exact) mass is 211 g/mol. The number of hydrogen-bond donors (Lipinski definition) is 1. The van der Waals surface area contributed by atoms with Crippen LogP contribution in [0.15, 0.2) is 36.7 Å². The molecule has 3 heteroatoms. The number of para-hydroxylation sites is 1. The summed E-state index contributed by atoms with van der Waals surface area (Å²) in [6.07, 6.45) is 6.19. The van der Waals surface area contributed by atoms with Crippen LogP contribution < -0.4 is 5.73 Å². The smallest absolute Gasteiger partial charge is 0.131 e. The van der Waals surface area contributed by atoms with Crippen molar-refractivity contribution in [3.8, 4) is 11.1 Å². The van der Waals surface area contributed by atoms with Crippen molar-refractivity contribution in [1.29, 1.82) is 0 Å². The molecule has 1 aromatic carbocycles. The molecular formula is C13H13N3. The van der Waals surface area contributed by atoms with Crippen LogP contribution in [0.25, 0.3) is 11.1 Å². The van der Waals surface area contributed by atoms with Crippen LogP contribution in [0, 0.1) is 0 Å². The SMILES string of the molecule is Nc1ccccc1-c1cnc(C2CC2)nc1. The first-order valence-corrected chi connectivity index (χ1v) is 5.51. The minimum atomic E-state index is 0.599. The molecular weight excluding hydrogens is 198 g/mol. The average Bonchev–Trinajstić information content (AvgIpc) is 3.14. The molecule has 0 amide bonds. The van der Waals surface area contributed by atoms with Crippen LogP contribution in [0.5, 0.6) is 0 Å². The third-order valence-electron chi connectivity index (χ3n) is 2.89. The Morgan fingerprint density at radius 1 is 1.06 bits per heavy atom. The second-order valence-electron chi connectivity index (χ2n) is 4.19. The summed E-state index contributed by atoms with van der Waals surface area (Å²) in [4.78, 5) is 8.78. The lowest BCUT2D eigenvalue weighted by molar-refractivity contribution is 0.928. The highest BCUT2D eigenvalue weighted by Crippen LogP contribution is 2.38. The van der Waals surface area contributed by atoms with Gasteiger partial charge < -0.3 is 5.73 Å². The number of hydrogen-bond acceptors (Lipinski definition) is 3. The summed E-state index contributed by atoms with van der Waals surface area (Å²) >= 11 is 0. The third kappa shape index (κ3) is 1.65. The molecule has 1 heterocycles. The molecule has 0 unspecified atom stereocenters. The lowest BCUT2D eigenvalue weighted by atomic mass is 10.1. The van der Waals surface area contributed by atoms with Crippen molar-refractivity contribution in [2.75, 3.05) is 5.73 Å². The Hall–Kier alpha value is -1.90. The van der Waals surface area contributed by atoms with E-state index in [1.807, 2.05) is 36.7 Å². The Morgan fingerprint density at radius 3 is 2.38 bits per heavy atom. The van der Waals surface area contributed by atoms with Crippen molar-refractivity contribution in [2.24, 2.45) is 0 Å². The molecule has 3 rings (SSSR count). The summed E-state index contributed by atoms with van der Waals surface area (Å²) in [5.41, 5.74) is 8.67. The van der Waals surface area contributed by atoms with Gasteiger partial charge in [-0.25, -0.2) is 9.97 Å². The molecule has 0 saturated heterocycles. The summed E-state index contributed by atoms with van der Waals surface area (Å²) in [6, 6.07) is 7.79. The zero-order valence-corrected chi connectivity index (χ0v) is 8.93. The first-order valence-electron chi connectivity index (χ1n) is 5.51. The molecule has 0 bridgehead atoms. The minimum Gasteiger partial charge on any atom is -0.398 e. The maximum absolute atomic E-state index is 5.91. The third-order valence-corrected chi connectivity index (χ3v) is 2.89. The molecule has 2 N–H and O–H groups in total. The number of nitrogen functional groups attached to an aromatic ring is 1. The predicted octanol–water partition coefficient (Wildman–Crippen LogP) is 2.60. The quantitative estimate of drug-likeness (QED) is 0.777. The number of benzene rings is 1. The summed E-state index contributed by atoms with van der Waals surface area (Å²) < 4.78 is 0. The van der Waals surface area contributed by atoms with Gasteiger partial charge in [-0.1, -0.05) is 18.2 Å². The lowest BCUT2D eigenvalue weighted by Gasteiger charge is -2.05. The van der Waals surface area contributed by atoms with Gasteiger partial charge in [-0.15, -0.1) is 0 Å². The molecule has 0 aliphatic heterocycles. The number of aromatic nitrogens is 2. The van der Waals surface area contributed by atoms with Crippen molar-refractivity contribution >= 4 is 5.69 Å². The Kier molecular flexibility index (Phi) is 2.10. The van der Waals surface area contributed by atoms with E-state index in [1.54, 1.807) is 0 Å². The van der Waals surface area contributed by atoms with Gasteiger partial charge in [0.2, 0.25) is 0 Å². The fourth-order valence-corrected chi connectivity index (χ4v) is 1.79. The number of anilines is 1. The van der Waals surface area contributed by atoms with E-state index >= 15 is 0 Å². The van der Waals surface area contributed by atoms with Gasteiger partial charge >= 0.3 is 0 Å². The van der Waals surface area contributed by atoms with E-state index in [1.165, 1.54) is 12.8 Å². The molecule has 3 nitrogen and oxygen atoms in total. The first kappa shape index (κ1) is 9.33. The van der Waals surface area contributed by atoms with E-state index in [4.69, 9.17) is 5.73 Å². The molecule has 0 spiro atoms. The highest BCUT2D eigenvalue weighted by Gasteiger charge is 2.26. The van der Waals surface area contributed by atoms with Crippen molar-refractivity contribution in [3.63, 3.8) is 0 Å². The van der Waals surface area contributed by atoms with Gasteiger partial charge in [0, 0.05) is 35.1 Å². The normalized spacial score (nSPS) is 15.0. The molecule has 1 saturated carbocycles. The summed E-state index contributed by atoms with van der Waals surface area (Å²) in [7, 11) is 0. The standard InChI is InChI=1S/C13H13N3/c14-12-4-2-1-3-11(12)10-7-15-13(16-8-10)9-5-6-9/h1-4,7-9H,5-6,14H2. The van der Waals surface area contributed by atoms with Crippen molar-refractivity contribution in [2.45, 2.75) is 18.8 Å². The maximum atomic E-state index is 5.91. The van der Waals surface area contributed by atoms with Gasteiger partial charge in [0.05, 0.1) is 0 Å². The molecule has 1 aliphatic carbocycles. The van der Waals surface area contributed by atoms with Crippen LogP contribution in [0.4, 0.5) is 5.69 Å². The molecule has 1 fully saturated rings. The lowest BCUT2D eigenvalue weighted by Crippen LogP contribution is -1.94. The molecule has 1 aromatic heterocycles. The molecule has 1 aliphatic rings. The summed E-state index contributed by atoms with van der Waals surface area (Å²) in [5, 5.41) is 0. The van der Waals surface area contributed by atoms with Crippen LogP contribution in [-0.4, -0.2) is 9.97 Å². The van der Waals surface area contributed by atoms with Crippen LogP contribution in [0.1, 0.15) is 24.6 Å². The zero-order chi connectivity index (χ0) is 11.0. The largest absolute Gasteiger partial charge is 0.398 e. The van der Waals surface area contributed by atoms with Gasteiger partial charge in [0.25, 0.3) is 0 Å². The molecule has 2 aromatic rings. The second-order valence-corrected chi connectivity index (χ2v) is 4.19. The fourth-order valence-electron chi connectivity index (χ4n) is 1.79. The predicted molar refractivity (Wildman–Crippen MR) is 63.9 cm³/mol. The highest BCUT2D eigenvalue weighted by molar-refractivity contribution is 5.74. The van der Waals surface area contributed by atoms with Crippen LogP contribution >= 0.6 is 0 Å². The number of nitrogens with two attached hydrogens (primary N) is 1. The van der Waals surface area contributed by atoms with E-state index in [2.05, 4.69) is 9.97 Å². The van der Waals surface area contributed by atoms with Crippen molar-refractivity contribution < 1.29 is 0 Å². The van der Waals surface area contributed by atoms with E-state index in [0.717, 1.165) is 22.6 Å². The summed E-state index contributed by atoms with van der Waals surface area (Å²) in [5.74, 6) is 1.57. The van der Waals surface area contributed by atoms with E-state index in [0.29, 0.717) is 5.92 Å². The molecule has 80 valence electrons. The van der Waals surface area contributed by atoms with Gasteiger partial charge in [0.15, 0.2) is 0 Å². The van der Waals surface area contributed by atoms with Crippen LogP contribution in [-0.2, 0) is 0 Å². The fraction of sp³-hybridized carbons (Fsp3) is 0.231. The minimum absolute atomic E-state index is 0.599. The molecule has 0 radical (unpaired) electrons. The van der Waals surface area contributed by atoms with Crippen LogP contribution in [0.2, 0.25) is 0 Å². The van der Waals surface area contributed by atoms with Gasteiger partial charge in [-0.3, -0.25) is 0 Å². The topological polar surface area (TPSA) is 51.8 Å². The second kappa shape index (κ2) is 3.59. The summed E-state index contributed by atoms with van der Waals surface area (Å²) in [6.45, 7) is 0. The highest BCUT2D eigenvalue weighted by atomic mass is 14.9. The number of rotatable bonds is 2. The zero-order valence-electron chi connectivity index (χ0n) is 8.93. The Morgan fingerprint density at radius 2 is 1.75 bits per heavy atom. The van der Waals surface area contributed by atoms with Gasteiger partial charge in [0.1, 0.15) is 5.82 Å². The van der Waals surface area contributed by atoms with Crippen molar-refractivity contribution in [3.05, 3.63) is 42.5 Å². The molecule has 16 heavy (non-hydrogen) atoms. The van der Waals surface area contributed by atoms with Crippen molar-refractivity contribution in [1.82, 2.24) is 9.97 Å². The van der Waals surface area contributed by atoms with E-state index < -0.39 is 0 Å². The number of nitrogens with zero attached hydrogens (tertiary/aromatic N) is 2. The Labute approximate surface area is 94.4 Å². The maximum Gasteiger partial charge on any atom is 0.131 e. The average molecular weight is 211 g/mol. The van der Waals surface area contributed by atoms with E-state index in [-0.39, 0.29) is 0 Å². The van der Waals surface area contributed by atoms with Gasteiger partial charge in [-0.2, -0.15) is 0 Å². The Bertz CT molecular complexity index is 501.